The van der Waals surface area contributed by atoms with E-state index in [9.17, 15) is 4.39 Å². The van der Waals surface area contributed by atoms with Crippen molar-refractivity contribution in [1.82, 2.24) is 0 Å². The second-order valence-electron chi connectivity index (χ2n) is 4.35. The second-order valence-corrected chi connectivity index (χ2v) is 5.16. The molecule has 2 aromatic rings. The van der Waals surface area contributed by atoms with E-state index in [1.54, 1.807) is 24.3 Å². The third kappa shape index (κ3) is 3.22. The molecule has 0 aliphatic rings. The first-order chi connectivity index (χ1) is 9.51. The van der Waals surface area contributed by atoms with Gasteiger partial charge in [-0.2, -0.15) is 5.26 Å². The van der Waals surface area contributed by atoms with Crippen molar-refractivity contribution in [3.8, 4) is 6.07 Å². The molecule has 0 aliphatic heterocycles. The maximum Gasteiger partial charge on any atom is 0.142 e. The van der Waals surface area contributed by atoms with Gasteiger partial charge in [0.2, 0.25) is 0 Å². The topological polar surface area (TPSA) is 35.8 Å². The standard InChI is InChI=1S/C15H11Cl2FN2/c1-9(11-3-5-12(16)14(18)7-11)20-15-6-10(8-19)2-4-13(15)17/h2-7,9,20H,1H3. The lowest BCUT2D eigenvalue weighted by Gasteiger charge is -2.17. The second kappa shape index (κ2) is 6.13. The molecule has 0 saturated heterocycles. The third-order valence-electron chi connectivity index (χ3n) is 2.91. The average molecular weight is 309 g/mol. The number of nitrogens with one attached hydrogen (secondary N) is 1. The van der Waals surface area contributed by atoms with E-state index in [-0.39, 0.29) is 11.1 Å². The number of nitrogens with zero attached hydrogens (tertiary/aromatic N) is 1. The molecule has 0 bridgehead atoms. The van der Waals surface area contributed by atoms with Crippen LogP contribution in [-0.4, -0.2) is 0 Å². The van der Waals surface area contributed by atoms with Crippen LogP contribution >= 0.6 is 23.2 Å². The number of halogens is 3. The monoisotopic (exact) mass is 308 g/mol. The molecule has 2 rings (SSSR count). The summed E-state index contributed by atoms with van der Waals surface area (Å²) in [7, 11) is 0. The fourth-order valence-corrected chi connectivity index (χ4v) is 2.09. The summed E-state index contributed by atoms with van der Waals surface area (Å²) < 4.78 is 13.4. The predicted octanol–water partition coefficient (Wildman–Crippen LogP) is 5.18. The van der Waals surface area contributed by atoms with Gasteiger partial charge in [0.05, 0.1) is 27.4 Å². The van der Waals surface area contributed by atoms with Gasteiger partial charge in [0.1, 0.15) is 5.82 Å². The van der Waals surface area contributed by atoms with Gasteiger partial charge in [0.15, 0.2) is 0 Å². The normalized spacial score (nSPS) is 11.8. The largest absolute Gasteiger partial charge is 0.377 e. The van der Waals surface area contributed by atoms with Crippen LogP contribution in [0.1, 0.15) is 24.1 Å². The van der Waals surface area contributed by atoms with E-state index < -0.39 is 5.82 Å². The number of benzene rings is 2. The van der Waals surface area contributed by atoms with Crippen LogP contribution in [0.15, 0.2) is 36.4 Å². The molecule has 5 heteroatoms. The van der Waals surface area contributed by atoms with Gasteiger partial charge >= 0.3 is 0 Å². The highest BCUT2D eigenvalue weighted by Crippen LogP contribution is 2.28. The van der Waals surface area contributed by atoms with Crippen LogP contribution in [0.5, 0.6) is 0 Å². The highest BCUT2D eigenvalue weighted by atomic mass is 35.5. The van der Waals surface area contributed by atoms with E-state index in [0.717, 1.165) is 5.56 Å². The first kappa shape index (κ1) is 14.6. The molecular formula is C15H11Cl2FN2. The highest BCUT2D eigenvalue weighted by Gasteiger charge is 2.10. The van der Waals surface area contributed by atoms with Crippen molar-refractivity contribution in [3.05, 3.63) is 63.4 Å². The Kier molecular flexibility index (Phi) is 4.49. The van der Waals surface area contributed by atoms with Crippen LogP contribution in [-0.2, 0) is 0 Å². The smallest absolute Gasteiger partial charge is 0.142 e. The first-order valence-corrected chi connectivity index (χ1v) is 6.68. The zero-order chi connectivity index (χ0) is 14.7. The Hall–Kier alpha value is -1.76. The van der Waals surface area contributed by atoms with Crippen molar-refractivity contribution in [2.24, 2.45) is 0 Å². The van der Waals surface area contributed by atoms with Crippen LogP contribution < -0.4 is 5.32 Å². The van der Waals surface area contributed by atoms with Gasteiger partial charge in [-0.25, -0.2) is 4.39 Å². The van der Waals surface area contributed by atoms with Gasteiger partial charge in [-0.05, 0) is 42.8 Å². The molecule has 0 saturated carbocycles. The molecule has 0 heterocycles. The minimum absolute atomic E-state index is 0.0884. The van der Waals surface area contributed by atoms with Crippen LogP contribution in [0.4, 0.5) is 10.1 Å². The van der Waals surface area contributed by atoms with Gasteiger partial charge in [-0.3, -0.25) is 0 Å². The summed E-state index contributed by atoms with van der Waals surface area (Å²) in [4.78, 5) is 0. The fourth-order valence-electron chi connectivity index (χ4n) is 1.80. The highest BCUT2D eigenvalue weighted by molar-refractivity contribution is 6.33. The number of hydrogen-bond donors (Lipinski definition) is 1. The molecule has 0 radical (unpaired) electrons. The summed E-state index contributed by atoms with van der Waals surface area (Å²) in [5.74, 6) is -0.463. The molecule has 20 heavy (non-hydrogen) atoms. The number of anilines is 1. The van der Waals surface area contributed by atoms with Crippen molar-refractivity contribution < 1.29 is 4.39 Å². The Labute approximate surface area is 126 Å². The molecule has 1 unspecified atom stereocenters. The number of nitriles is 1. The van der Waals surface area contributed by atoms with E-state index in [0.29, 0.717) is 16.3 Å². The van der Waals surface area contributed by atoms with Crippen LogP contribution in [0.3, 0.4) is 0 Å². The van der Waals surface area contributed by atoms with Crippen molar-refractivity contribution in [1.29, 1.82) is 5.26 Å². The summed E-state index contributed by atoms with van der Waals surface area (Å²) >= 11 is 11.7. The van der Waals surface area contributed by atoms with Crippen LogP contribution in [0, 0.1) is 17.1 Å². The van der Waals surface area contributed by atoms with Gasteiger partial charge in [-0.15, -0.1) is 0 Å². The molecule has 2 nitrogen and oxygen atoms in total. The SMILES string of the molecule is CC(Nc1cc(C#N)ccc1Cl)c1ccc(Cl)c(F)c1. The molecule has 2 aromatic carbocycles. The Morgan fingerprint density at radius 3 is 2.50 bits per heavy atom. The van der Waals surface area contributed by atoms with Crippen molar-refractivity contribution >= 4 is 28.9 Å². The predicted molar refractivity (Wildman–Crippen MR) is 79.6 cm³/mol. The first-order valence-electron chi connectivity index (χ1n) is 5.92. The zero-order valence-corrected chi connectivity index (χ0v) is 12.1. The minimum atomic E-state index is -0.463. The minimum Gasteiger partial charge on any atom is -0.377 e. The lowest BCUT2D eigenvalue weighted by atomic mass is 10.1. The molecule has 0 spiro atoms. The summed E-state index contributed by atoms with van der Waals surface area (Å²) in [6.07, 6.45) is 0. The van der Waals surface area contributed by atoms with E-state index >= 15 is 0 Å². The molecule has 0 fully saturated rings. The maximum atomic E-state index is 13.4. The molecule has 0 aromatic heterocycles. The number of rotatable bonds is 3. The van der Waals surface area contributed by atoms with E-state index in [2.05, 4.69) is 5.32 Å². The van der Waals surface area contributed by atoms with E-state index in [4.69, 9.17) is 28.5 Å². The van der Waals surface area contributed by atoms with Crippen molar-refractivity contribution in [3.63, 3.8) is 0 Å². The van der Waals surface area contributed by atoms with Crippen LogP contribution in [0.25, 0.3) is 0 Å². The Morgan fingerprint density at radius 1 is 1.15 bits per heavy atom. The Bertz CT molecular complexity index is 680. The lowest BCUT2D eigenvalue weighted by molar-refractivity contribution is 0.624. The molecule has 0 aliphatic carbocycles. The summed E-state index contributed by atoms with van der Waals surface area (Å²) in [5.41, 5.74) is 1.88. The summed E-state index contributed by atoms with van der Waals surface area (Å²) in [5, 5.41) is 12.6. The Balaban J connectivity index is 2.25. The van der Waals surface area contributed by atoms with Gasteiger partial charge < -0.3 is 5.32 Å². The molecule has 0 amide bonds. The number of hydrogen-bond acceptors (Lipinski definition) is 2. The van der Waals surface area contributed by atoms with Gasteiger partial charge in [0, 0.05) is 6.04 Å². The van der Waals surface area contributed by atoms with E-state index in [1.807, 2.05) is 13.0 Å². The van der Waals surface area contributed by atoms with Crippen LogP contribution in [0.2, 0.25) is 10.0 Å². The Morgan fingerprint density at radius 2 is 1.85 bits per heavy atom. The lowest BCUT2D eigenvalue weighted by Crippen LogP contribution is -2.07. The molecule has 1 N–H and O–H groups in total. The molecular weight excluding hydrogens is 298 g/mol. The van der Waals surface area contributed by atoms with Crippen molar-refractivity contribution in [2.75, 3.05) is 5.32 Å². The quantitative estimate of drug-likeness (QED) is 0.848. The average Bonchev–Trinajstić information content (AvgIpc) is 2.44. The van der Waals surface area contributed by atoms with Gasteiger partial charge in [0.25, 0.3) is 0 Å². The summed E-state index contributed by atoms with van der Waals surface area (Å²) in [6.45, 7) is 1.87. The third-order valence-corrected chi connectivity index (χ3v) is 3.55. The molecule has 102 valence electrons. The fraction of sp³-hybridized carbons (Fsp3) is 0.133. The summed E-state index contributed by atoms with van der Waals surface area (Å²) in [6, 6.07) is 11.5. The van der Waals surface area contributed by atoms with Gasteiger partial charge in [-0.1, -0.05) is 29.3 Å². The van der Waals surface area contributed by atoms with E-state index in [1.165, 1.54) is 12.1 Å². The molecule has 1 atom stereocenters. The van der Waals surface area contributed by atoms with Crippen molar-refractivity contribution in [2.45, 2.75) is 13.0 Å². The zero-order valence-electron chi connectivity index (χ0n) is 10.6. The maximum absolute atomic E-state index is 13.4.